The van der Waals surface area contributed by atoms with E-state index in [1.165, 1.54) is 13.8 Å². The van der Waals surface area contributed by atoms with E-state index in [0.717, 1.165) is 6.42 Å². The zero-order valence-electron chi connectivity index (χ0n) is 9.57. The topological polar surface area (TPSA) is 83.5 Å². The van der Waals surface area contributed by atoms with Crippen LogP contribution in [0.2, 0.25) is 0 Å². The first-order valence-electron chi connectivity index (χ1n) is 4.84. The third-order valence-electron chi connectivity index (χ3n) is 2.15. The molecule has 0 saturated carbocycles. The van der Waals surface area contributed by atoms with E-state index in [-0.39, 0.29) is 11.9 Å². The summed E-state index contributed by atoms with van der Waals surface area (Å²) in [6, 6.07) is -0.00169. The van der Waals surface area contributed by atoms with Crippen molar-refractivity contribution in [1.29, 1.82) is 0 Å². The van der Waals surface area contributed by atoms with Crippen LogP contribution in [0.3, 0.4) is 0 Å². The highest BCUT2D eigenvalue weighted by atomic mass is 32.2. The molecule has 0 rings (SSSR count). The van der Waals surface area contributed by atoms with E-state index in [0.29, 0.717) is 0 Å². The molecule has 15 heavy (non-hydrogen) atoms. The Bertz CT molecular complexity index is 321. The van der Waals surface area contributed by atoms with Crippen LogP contribution < -0.4 is 5.32 Å². The van der Waals surface area contributed by atoms with Crippen LogP contribution in [0.4, 0.5) is 0 Å². The molecule has 1 amide bonds. The molecule has 0 aromatic rings. The molecule has 0 aromatic carbocycles. The Morgan fingerprint density at radius 2 is 1.93 bits per heavy atom. The van der Waals surface area contributed by atoms with Gasteiger partial charge in [0.05, 0.1) is 11.2 Å². The molecule has 90 valence electrons. The Labute approximate surface area is 91.0 Å². The van der Waals surface area contributed by atoms with Crippen LogP contribution in [0.15, 0.2) is 0 Å². The van der Waals surface area contributed by atoms with Crippen molar-refractivity contribution in [2.75, 3.05) is 5.75 Å². The van der Waals surface area contributed by atoms with Crippen LogP contribution in [-0.2, 0) is 14.9 Å². The Kier molecular flexibility index (Phi) is 4.73. The fourth-order valence-electron chi connectivity index (χ4n) is 1.04. The molecule has 0 radical (unpaired) electrons. The second-order valence-corrected chi connectivity index (χ2v) is 5.85. The summed E-state index contributed by atoms with van der Waals surface area (Å²) in [5.74, 6) is -0.933. The highest BCUT2D eigenvalue weighted by Gasteiger charge is 2.33. The Morgan fingerprint density at radius 3 is 2.27 bits per heavy atom. The predicted molar refractivity (Wildman–Crippen MR) is 58.1 cm³/mol. The summed E-state index contributed by atoms with van der Waals surface area (Å²) in [6.45, 7) is 6.72. The number of rotatable bonds is 5. The molecule has 6 heteroatoms. The van der Waals surface area contributed by atoms with Gasteiger partial charge in [-0.1, -0.05) is 6.92 Å². The molecule has 5 nitrogen and oxygen atoms in total. The highest BCUT2D eigenvalue weighted by Crippen LogP contribution is 2.18. The largest absolute Gasteiger partial charge is 0.353 e. The predicted octanol–water partition coefficient (Wildman–Crippen LogP) is 0.815. The minimum absolute atomic E-state index is 0.00169. The zero-order valence-corrected chi connectivity index (χ0v) is 10.4. The van der Waals surface area contributed by atoms with Crippen molar-refractivity contribution in [1.82, 2.24) is 5.32 Å². The van der Waals surface area contributed by atoms with Gasteiger partial charge in [0.25, 0.3) is 10.1 Å². The summed E-state index contributed by atoms with van der Waals surface area (Å²) in [5.41, 5.74) is -1.11. The molecule has 0 spiro atoms. The summed E-state index contributed by atoms with van der Waals surface area (Å²) < 4.78 is 30.1. The molecule has 0 aliphatic rings. The molecule has 1 atom stereocenters. The molecule has 0 heterocycles. The van der Waals surface area contributed by atoms with E-state index in [2.05, 4.69) is 5.32 Å². The first-order chi connectivity index (χ1) is 6.58. The maximum absolute atomic E-state index is 11.6. The Hall–Kier alpha value is -0.620. The zero-order chi connectivity index (χ0) is 12.3. The van der Waals surface area contributed by atoms with Gasteiger partial charge in [-0.15, -0.1) is 0 Å². The van der Waals surface area contributed by atoms with E-state index < -0.39 is 21.3 Å². The van der Waals surface area contributed by atoms with E-state index in [1.807, 2.05) is 13.8 Å². The number of carbonyl (C=O) groups is 1. The lowest BCUT2D eigenvalue weighted by Gasteiger charge is -2.24. The molecule has 0 aliphatic carbocycles. The first kappa shape index (κ1) is 14.4. The fraction of sp³-hybridized carbons (Fsp3) is 0.889. The number of nitrogens with one attached hydrogen (secondary N) is 1. The SMILES string of the molecule is CCC(C)NC(=O)C(C)(C)CS(=O)(=O)O. The van der Waals surface area contributed by atoms with Crippen LogP contribution in [-0.4, -0.2) is 30.7 Å². The second-order valence-electron chi connectivity index (χ2n) is 4.39. The van der Waals surface area contributed by atoms with Gasteiger partial charge in [-0.25, -0.2) is 0 Å². The van der Waals surface area contributed by atoms with Gasteiger partial charge in [0.1, 0.15) is 0 Å². The third kappa shape index (κ3) is 5.74. The molecule has 0 bridgehead atoms. The summed E-state index contributed by atoms with van der Waals surface area (Å²) in [4.78, 5) is 11.6. The molecule has 0 aliphatic heterocycles. The van der Waals surface area contributed by atoms with Gasteiger partial charge in [-0.2, -0.15) is 8.42 Å². The average Bonchev–Trinajstić information content (AvgIpc) is 1.99. The van der Waals surface area contributed by atoms with Gasteiger partial charge in [0, 0.05) is 6.04 Å². The van der Waals surface area contributed by atoms with Crippen LogP contribution in [0, 0.1) is 5.41 Å². The summed E-state index contributed by atoms with van der Waals surface area (Å²) >= 11 is 0. The number of hydrogen-bond donors (Lipinski definition) is 2. The van der Waals surface area contributed by atoms with Gasteiger partial charge in [0.15, 0.2) is 0 Å². The van der Waals surface area contributed by atoms with E-state index in [9.17, 15) is 13.2 Å². The summed E-state index contributed by atoms with van der Waals surface area (Å²) in [5, 5.41) is 2.68. The van der Waals surface area contributed by atoms with Crippen LogP contribution >= 0.6 is 0 Å². The van der Waals surface area contributed by atoms with Crippen molar-refractivity contribution < 1.29 is 17.8 Å². The van der Waals surface area contributed by atoms with Crippen molar-refractivity contribution >= 4 is 16.0 Å². The fourth-order valence-corrected chi connectivity index (χ4v) is 2.09. The van der Waals surface area contributed by atoms with E-state index >= 15 is 0 Å². The minimum Gasteiger partial charge on any atom is -0.353 e. The van der Waals surface area contributed by atoms with Gasteiger partial charge in [-0.3, -0.25) is 9.35 Å². The molecule has 0 aromatic heterocycles. The maximum atomic E-state index is 11.6. The van der Waals surface area contributed by atoms with Crippen molar-refractivity contribution in [2.24, 2.45) is 5.41 Å². The van der Waals surface area contributed by atoms with Crippen molar-refractivity contribution in [3.05, 3.63) is 0 Å². The Morgan fingerprint density at radius 1 is 1.47 bits per heavy atom. The molecule has 1 unspecified atom stereocenters. The number of carbonyl (C=O) groups excluding carboxylic acids is 1. The van der Waals surface area contributed by atoms with E-state index in [1.54, 1.807) is 0 Å². The smallest absolute Gasteiger partial charge is 0.265 e. The minimum atomic E-state index is -4.13. The molecule has 2 N–H and O–H groups in total. The lowest BCUT2D eigenvalue weighted by Crippen LogP contribution is -2.44. The lowest BCUT2D eigenvalue weighted by molar-refractivity contribution is -0.129. The highest BCUT2D eigenvalue weighted by molar-refractivity contribution is 7.85. The molecule has 0 saturated heterocycles. The summed E-state index contributed by atoms with van der Waals surface area (Å²) in [6.07, 6.45) is 0.772. The van der Waals surface area contributed by atoms with Gasteiger partial charge >= 0.3 is 0 Å². The normalized spacial score (nSPS) is 14.7. The average molecular weight is 237 g/mol. The number of hydrogen-bond acceptors (Lipinski definition) is 3. The lowest BCUT2D eigenvalue weighted by atomic mass is 9.95. The van der Waals surface area contributed by atoms with Crippen LogP contribution in [0.5, 0.6) is 0 Å². The maximum Gasteiger partial charge on any atom is 0.265 e. The van der Waals surface area contributed by atoms with Crippen molar-refractivity contribution in [3.63, 3.8) is 0 Å². The molecule has 0 fully saturated rings. The Balaban J connectivity index is 4.53. The quantitative estimate of drug-likeness (QED) is 0.693. The van der Waals surface area contributed by atoms with Crippen molar-refractivity contribution in [3.8, 4) is 0 Å². The van der Waals surface area contributed by atoms with Crippen LogP contribution in [0.1, 0.15) is 34.1 Å². The second kappa shape index (κ2) is 4.94. The van der Waals surface area contributed by atoms with Gasteiger partial charge < -0.3 is 5.32 Å². The first-order valence-corrected chi connectivity index (χ1v) is 6.45. The van der Waals surface area contributed by atoms with Gasteiger partial charge in [0.2, 0.25) is 5.91 Å². The van der Waals surface area contributed by atoms with Gasteiger partial charge in [-0.05, 0) is 27.2 Å². The monoisotopic (exact) mass is 237 g/mol. The number of amides is 1. The van der Waals surface area contributed by atoms with E-state index in [4.69, 9.17) is 4.55 Å². The summed E-state index contributed by atoms with van der Waals surface area (Å²) in [7, 11) is -4.13. The van der Waals surface area contributed by atoms with Crippen LogP contribution in [0.25, 0.3) is 0 Å². The molecular formula is C9H19NO4S. The molecular weight excluding hydrogens is 218 g/mol. The standard InChI is InChI=1S/C9H19NO4S/c1-5-7(2)10-8(11)9(3,4)6-15(12,13)14/h7H,5-6H2,1-4H3,(H,10,11)(H,12,13,14). The van der Waals surface area contributed by atoms with Crippen molar-refractivity contribution in [2.45, 2.75) is 40.2 Å². The third-order valence-corrected chi connectivity index (χ3v) is 3.23.